The summed E-state index contributed by atoms with van der Waals surface area (Å²) in [6.45, 7) is 2.91. The molecule has 0 atom stereocenters. The van der Waals surface area contributed by atoms with Gasteiger partial charge in [-0.15, -0.1) is 0 Å². The third kappa shape index (κ3) is 3.25. The third-order valence-electron chi connectivity index (χ3n) is 3.64. The van der Waals surface area contributed by atoms with Gasteiger partial charge in [-0.1, -0.05) is 34.4 Å². The fourth-order valence-corrected chi connectivity index (χ4v) is 3.03. The highest BCUT2D eigenvalue weighted by atomic mass is 35.5. The molecule has 0 aliphatic carbocycles. The summed E-state index contributed by atoms with van der Waals surface area (Å²) in [6.07, 6.45) is 1.52. The Balaban J connectivity index is 2.16. The van der Waals surface area contributed by atoms with Crippen molar-refractivity contribution in [2.24, 2.45) is 11.1 Å². The lowest BCUT2D eigenvalue weighted by atomic mass is 9.88. The Hall–Kier alpha value is -1.26. The Morgan fingerprint density at radius 3 is 2.50 bits per heavy atom. The Morgan fingerprint density at radius 2 is 2.00 bits per heavy atom. The van der Waals surface area contributed by atoms with Crippen molar-refractivity contribution in [3.63, 3.8) is 0 Å². The van der Waals surface area contributed by atoms with Gasteiger partial charge >= 0.3 is 0 Å². The lowest BCUT2D eigenvalue weighted by Gasteiger charge is -2.31. The van der Waals surface area contributed by atoms with Crippen LogP contribution in [0.5, 0.6) is 0 Å². The van der Waals surface area contributed by atoms with Gasteiger partial charge in [0.2, 0.25) is 5.91 Å². The highest BCUT2D eigenvalue weighted by molar-refractivity contribution is 6.37. The van der Waals surface area contributed by atoms with Crippen LogP contribution in [0.15, 0.2) is 23.4 Å². The van der Waals surface area contributed by atoms with Crippen LogP contribution in [-0.2, 0) is 4.79 Å². The maximum absolute atomic E-state index is 11.3. The average Bonchev–Trinajstić information content (AvgIpc) is 2.42. The Kier molecular flexibility index (Phi) is 4.89. The van der Waals surface area contributed by atoms with Crippen LogP contribution in [0, 0.1) is 5.92 Å². The minimum Gasteiger partial charge on any atom is -0.411 e. The summed E-state index contributed by atoms with van der Waals surface area (Å²) in [4.78, 5) is 13.1. The second kappa shape index (κ2) is 6.46. The molecule has 4 nitrogen and oxygen atoms in total. The standard InChI is InChI=1S/C14H16Cl2N2O2/c1-9(19)18-6-4-10(5-7-18)14(17-20)12-3-2-11(15)8-13(12)16/h2-3,8,10,20H,4-7H2,1H3. The SMILES string of the molecule is CC(=O)N1CCC(C(=NO)c2ccc(Cl)cc2Cl)CC1. The second-order valence-electron chi connectivity index (χ2n) is 4.89. The monoisotopic (exact) mass is 314 g/mol. The van der Waals surface area contributed by atoms with E-state index < -0.39 is 0 Å². The number of hydrogen-bond donors (Lipinski definition) is 1. The van der Waals surface area contributed by atoms with Gasteiger partial charge in [-0.3, -0.25) is 4.79 Å². The zero-order valence-electron chi connectivity index (χ0n) is 11.1. The van der Waals surface area contributed by atoms with Crippen molar-refractivity contribution >= 4 is 34.8 Å². The normalized spacial score (nSPS) is 17.4. The summed E-state index contributed by atoms with van der Waals surface area (Å²) in [5.74, 6) is 0.171. The molecule has 1 N–H and O–H groups in total. The molecule has 108 valence electrons. The van der Waals surface area contributed by atoms with E-state index in [1.165, 1.54) is 0 Å². The molecule has 0 aromatic heterocycles. The summed E-state index contributed by atoms with van der Waals surface area (Å²) in [7, 11) is 0. The number of rotatable bonds is 2. The molecule has 1 aliphatic heterocycles. The number of amides is 1. The van der Waals surface area contributed by atoms with Crippen LogP contribution in [-0.4, -0.2) is 34.8 Å². The number of benzene rings is 1. The van der Waals surface area contributed by atoms with E-state index in [1.807, 2.05) is 0 Å². The van der Waals surface area contributed by atoms with E-state index in [9.17, 15) is 10.0 Å². The van der Waals surface area contributed by atoms with Gasteiger partial charge in [0, 0.05) is 36.5 Å². The minimum absolute atomic E-state index is 0.0791. The molecule has 1 aromatic rings. The average molecular weight is 315 g/mol. The topological polar surface area (TPSA) is 52.9 Å². The molecule has 1 aliphatic rings. The molecule has 0 saturated carbocycles. The van der Waals surface area contributed by atoms with Crippen LogP contribution in [0.1, 0.15) is 25.3 Å². The van der Waals surface area contributed by atoms with Gasteiger partial charge in [-0.05, 0) is 25.0 Å². The van der Waals surface area contributed by atoms with Crippen LogP contribution >= 0.6 is 23.2 Å². The van der Waals surface area contributed by atoms with E-state index in [0.717, 1.165) is 12.8 Å². The molecule has 1 fully saturated rings. The third-order valence-corrected chi connectivity index (χ3v) is 4.19. The van der Waals surface area contributed by atoms with E-state index in [-0.39, 0.29) is 11.8 Å². The van der Waals surface area contributed by atoms with Crippen LogP contribution in [0.2, 0.25) is 10.0 Å². The first-order valence-corrected chi connectivity index (χ1v) is 7.21. The Labute approximate surface area is 128 Å². The number of piperidine rings is 1. The van der Waals surface area contributed by atoms with Crippen molar-refractivity contribution in [1.29, 1.82) is 0 Å². The zero-order valence-corrected chi connectivity index (χ0v) is 12.7. The Morgan fingerprint density at radius 1 is 1.35 bits per heavy atom. The predicted molar refractivity (Wildman–Crippen MR) is 79.8 cm³/mol. The maximum Gasteiger partial charge on any atom is 0.219 e. The first kappa shape index (κ1) is 15.1. The number of hydrogen-bond acceptors (Lipinski definition) is 3. The lowest BCUT2D eigenvalue weighted by molar-refractivity contribution is -0.129. The van der Waals surface area contributed by atoms with E-state index >= 15 is 0 Å². The van der Waals surface area contributed by atoms with E-state index in [2.05, 4.69) is 5.16 Å². The highest BCUT2D eigenvalue weighted by Crippen LogP contribution is 2.28. The van der Waals surface area contributed by atoms with E-state index in [4.69, 9.17) is 23.2 Å². The van der Waals surface area contributed by atoms with E-state index in [0.29, 0.717) is 34.4 Å². The summed E-state index contributed by atoms with van der Waals surface area (Å²) >= 11 is 12.0. The molecule has 0 unspecified atom stereocenters. The molecular weight excluding hydrogens is 299 g/mol. The molecule has 1 amide bonds. The van der Waals surface area contributed by atoms with Gasteiger partial charge in [0.25, 0.3) is 0 Å². The van der Waals surface area contributed by atoms with Crippen LogP contribution in [0.4, 0.5) is 0 Å². The molecule has 1 aromatic carbocycles. The van der Waals surface area contributed by atoms with Gasteiger partial charge in [-0.2, -0.15) is 0 Å². The van der Waals surface area contributed by atoms with E-state index in [1.54, 1.807) is 30.0 Å². The first-order chi connectivity index (χ1) is 9.52. The molecule has 2 rings (SSSR count). The zero-order chi connectivity index (χ0) is 14.7. The number of halogens is 2. The summed E-state index contributed by atoms with van der Waals surface area (Å²) in [6, 6.07) is 5.12. The molecule has 0 radical (unpaired) electrons. The van der Waals surface area contributed by atoms with Crippen LogP contribution < -0.4 is 0 Å². The molecule has 0 bridgehead atoms. The largest absolute Gasteiger partial charge is 0.411 e. The number of nitrogens with zero attached hydrogens (tertiary/aromatic N) is 2. The van der Waals surface area contributed by atoms with Crippen molar-refractivity contribution in [2.75, 3.05) is 13.1 Å². The van der Waals surface area contributed by atoms with Crippen molar-refractivity contribution < 1.29 is 10.0 Å². The van der Waals surface area contributed by atoms with Crippen LogP contribution in [0.3, 0.4) is 0 Å². The van der Waals surface area contributed by atoms with Gasteiger partial charge < -0.3 is 10.1 Å². The summed E-state index contributed by atoms with van der Waals surface area (Å²) in [5.41, 5.74) is 1.26. The Bertz CT molecular complexity index is 538. The van der Waals surface area contributed by atoms with Gasteiger partial charge in [0.15, 0.2) is 0 Å². The molecule has 1 saturated heterocycles. The molecule has 1 heterocycles. The summed E-state index contributed by atoms with van der Waals surface area (Å²) < 4.78 is 0. The van der Waals surface area contributed by atoms with Crippen molar-refractivity contribution in [3.05, 3.63) is 33.8 Å². The fraction of sp³-hybridized carbons (Fsp3) is 0.429. The maximum atomic E-state index is 11.3. The number of oxime groups is 1. The lowest BCUT2D eigenvalue weighted by Crippen LogP contribution is -2.39. The van der Waals surface area contributed by atoms with Crippen molar-refractivity contribution in [2.45, 2.75) is 19.8 Å². The van der Waals surface area contributed by atoms with Gasteiger partial charge in [0.05, 0.1) is 10.7 Å². The second-order valence-corrected chi connectivity index (χ2v) is 5.73. The highest BCUT2D eigenvalue weighted by Gasteiger charge is 2.26. The fourth-order valence-electron chi connectivity index (χ4n) is 2.52. The van der Waals surface area contributed by atoms with Gasteiger partial charge in [-0.25, -0.2) is 0 Å². The molecule has 20 heavy (non-hydrogen) atoms. The van der Waals surface area contributed by atoms with Gasteiger partial charge in [0.1, 0.15) is 0 Å². The molecular formula is C14H16Cl2N2O2. The van der Waals surface area contributed by atoms with Crippen LogP contribution in [0.25, 0.3) is 0 Å². The van der Waals surface area contributed by atoms with Crippen molar-refractivity contribution in [1.82, 2.24) is 4.90 Å². The summed E-state index contributed by atoms with van der Waals surface area (Å²) in [5, 5.41) is 13.8. The smallest absolute Gasteiger partial charge is 0.219 e. The quantitative estimate of drug-likeness (QED) is 0.516. The molecule has 6 heteroatoms. The minimum atomic E-state index is 0.0791. The van der Waals surface area contributed by atoms with Crippen molar-refractivity contribution in [3.8, 4) is 0 Å². The first-order valence-electron chi connectivity index (χ1n) is 6.45. The number of carbonyl (C=O) groups excluding carboxylic acids is 1. The molecule has 0 spiro atoms. The number of likely N-dealkylation sites (tertiary alicyclic amines) is 1. The number of carbonyl (C=O) groups is 1. The predicted octanol–water partition coefficient (Wildman–Crippen LogP) is 3.43.